The topological polar surface area (TPSA) is 63.4 Å². The molecule has 4 nitrogen and oxygen atoms in total. The summed E-state index contributed by atoms with van der Waals surface area (Å²) in [5, 5.41) is 0. The molecule has 90 valence electrons. The number of nitrogens with zero attached hydrogens (tertiary/aromatic N) is 1. The summed E-state index contributed by atoms with van der Waals surface area (Å²) in [5.41, 5.74) is 6.52. The second kappa shape index (κ2) is 5.98. The van der Waals surface area contributed by atoms with Crippen LogP contribution in [0.1, 0.15) is 5.56 Å². The van der Waals surface area contributed by atoms with Crippen LogP contribution in [0, 0.1) is 0 Å². The summed E-state index contributed by atoms with van der Waals surface area (Å²) < 4.78 is 24.2. The van der Waals surface area contributed by atoms with E-state index in [9.17, 15) is 8.42 Å². The summed E-state index contributed by atoms with van der Waals surface area (Å²) in [6.45, 7) is 1.22. The largest absolute Gasteiger partial charge is 0.329 e. The lowest BCUT2D eigenvalue weighted by atomic mass is 10.1. The molecule has 0 atom stereocenters. The third-order valence-corrected chi connectivity index (χ3v) is 3.64. The van der Waals surface area contributed by atoms with Crippen molar-refractivity contribution in [3.63, 3.8) is 0 Å². The summed E-state index contributed by atoms with van der Waals surface area (Å²) in [4.78, 5) is 0. The van der Waals surface area contributed by atoms with E-state index in [4.69, 9.17) is 5.73 Å². The van der Waals surface area contributed by atoms with Crippen molar-refractivity contribution < 1.29 is 8.42 Å². The predicted molar refractivity (Wildman–Crippen MR) is 65.6 cm³/mol. The van der Waals surface area contributed by atoms with E-state index in [1.54, 1.807) is 0 Å². The van der Waals surface area contributed by atoms with E-state index >= 15 is 0 Å². The van der Waals surface area contributed by atoms with Gasteiger partial charge in [0.15, 0.2) is 0 Å². The Bertz CT molecular complexity index is 403. The fourth-order valence-electron chi connectivity index (χ4n) is 1.49. The minimum atomic E-state index is -3.14. The highest BCUT2D eigenvalue weighted by atomic mass is 32.2. The van der Waals surface area contributed by atoms with Crippen LogP contribution in [0.5, 0.6) is 0 Å². The van der Waals surface area contributed by atoms with Gasteiger partial charge in [0.1, 0.15) is 0 Å². The van der Waals surface area contributed by atoms with Gasteiger partial charge in [-0.2, -0.15) is 0 Å². The molecule has 0 bridgehead atoms. The average Bonchev–Trinajstić information content (AvgIpc) is 2.24. The quantitative estimate of drug-likeness (QED) is 0.787. The lowest BCUT2D eigenvalue weighted by Crippen LogP contribution is -2.36. The van der Waals surface area contributed by atoms with Crippen LogP contribution in [0.3, 0.4) is 0 Å². The molecule has 0 unspecified atom stereocenters. The van der Waals surface area contributed by atoms with Gasteiger partial charge < -0.3 is 5.73 Å². The van der Waals surface area contributed by atoms with Gasteiger partial charge in [0.05, 0.1) is 6.26 Å². The van der Waals surface area contributed by atoms with Crippen LogP contribution in [-0.4, -0.2) is 38.6 Å². The Balaban J connectivity index is 2.58. The summed E-state index contributed by atoms with van der Waals surface area (Å²) >= 11 is 0. The molecular weight excluding hydrogens is 224 g/mol. The molecule has 0 aliphatic heterocycles. The summed E-state index contributed by atoms with van der Waals surface area (Å²) in [6, 6.07) is 9.82. The van der Waals surface area contributed by atoms with Crippen molar-refractivity contribution in [3.05, 3.63) is 35.9 Å². The Kier molecular flexibility index (Phi) is 4.92. The van der Waals surface area contributed by atoms with E-state index in [-0.39, 0.29) is 0 Å². The fraction of sp³-hybridized carbons (Fsp3) is 0.455. The first-order valence-electron chi connectivity index (χ1n) is 5.23. The zero-order valence-electron chi connectivity index (χ0n) is 9.46. The van der Waals surface area contributed by atoms with E-state index in [0.717, 1.165) is 5.56 Å². The third-order valence-electron chi connectivity index (χ3n) is 2.34. The lowest BCUT2D eigenvalue weighted by Gasteiger charge is -2.18. The van der Waals surface area contributed by atoms with Gasteiger partial charge in [-0.1, -0.05) is 30.3 Å². The Morgan fingerprint density at radius 1 is 1.19 bits per heavy atom. The van der Waals surface area contributed by atoms with Gasteiger partial charge in [-0.3, -0.25) is 0 Å². The molecule has 0 aromatic heterocycles. The molecule has 0 aliphatic carbocycles. The number of hydrogen-bond acceptors (Lipinski definition) is 3. The molecule has 5 heteroatoms. The maximum Gasteiger partial charge on any atom is 0.211 e. The molecule has 0 saturated heterocycles. The van der Waals surface area contributed by atoms with Crippen molar-refractivity contribution in [2.24, 2.45) is 5.73 Å². The Morgan fingerprint density at radius 3 is 2.31 bits per heavy atom. The third kappa shape index (κ3) is 4.30. The molecule has 0 amide bonds. The molecule has 0 saturated carbocycles. The highest BCUT2D eigenvalue weighted by Crippen LogP contribution is 2.03. The number of nitrogens with two attached hydrogens (primary N) is 1. The van der Waals surface area contributed by atoms with E-state index in [0.29, 0.717) is 26.1 Å². The highest BCUT2D eigenvalue weighted by Gasteiger charge is 2.14. The van der Waals surface area contributed by atoms with Crippen molar-refractivity contribution in [1.29, 1.82) is 0 Å². The van der Waals surface area contributed by atoms with E-state index < -0.39 is 10.0 Å². The van der Waals surface area contributed by atoms with Crippen LogP contribution in [0.25, 0.3) is 0 Å². The number of hydrogen-bond donors (Lipinski definition) is 1. The molecule has 1 aromatic rings. The molecule has 1 aromatic carbocycles. The van der Waals surface area contributed by atoms with Crippen molar-refractivity contribution in [2.75, 3.05) is 25.9 Å². The Labute approximate surface area is 97.1 Å². The van der Waals surface area contributed by atoms with Gasteiger partial charge in [-0.05, 0) is 12.0 Å². The Hall–Kier alpha value is -0.910. The molecule has 2 N–H and O–H groups in total. The molecule has 16 heavy (non-hydrogen) atoms. The second-order valence-corrected chi connectivity index (χ2v) is 5.67. The van der Waals surface area contributed by atoms with Crippen molar-refractivity contribution in [1.82, 2.24) is 4.31 Å². The number of benzene rings is 1. The van der Waals surface area contributed by atoms with Gasteiger partial charge in [0.25, 0.3) is 0 Å². The maximum atomic E-state index is 11.4. The van der Waals surface area contributed by atoms with Crippen LogP contribution in [0.2, 0.25) is 0 Å². The zero-order chi connectivity index (χ0) is 12.0. The minimum absolute atomic E-state index is 0.349. The van der Waals surface area contributed by atoms with Gasteiger partial charge in [0, 0.05) is 19.6 Å². The molecule has 0 spiro atoms. The molecule has 0 radical (unpaired) electrons. The molecule has 0 fully saturated rings. The monoisotopic (exact) mass is 242 g/mol. The number of sulfonamides is 1. The van der Waals surface area contributed by atoms with Crippen molar-refractivity contribution in [2.45, 2.75) is 6.42 Å². The standard InChI is InChI=1S/C11H18N2O2S/c1-16(14,15)13(10-8-12)9-7-11-5-3-2-4-6-11/h2-6H,7-10,12H2,1H3. The predicted octanol–water partition coefficient (Wildman–Crippen LogP) is 0.449. The van der Waals surface area contributed by atoms with Crippen molar-refractivity contribution >= 4 is 10.0 Å². The average molecular weight is 242 g/mol. The molecular formula is C11H18N2O2S. The first-order valence-corrected chi connectivity index (χ1v) is 7.08. The van der Waals surface area contributed by atoms with Crippen LogP contribution in [0.15, 0.2) is 30.3 Å². The van der Waals surface area contributed by atoms with Crippen LogP contribution in [-0.2, 0) is 16.4 Å². The highest BCUT2D eigenvalue weighted by molar-refractivity contribution is 7.88. The van der Waals surface area contributed by atoms with Crippen molar-refractivity contribution in [3.8, 4) is 0 Å². The molecule has 1 rings (SSSR count). The van der Waals surface area contributed by atoms with Gasteiger partial charge in [-0.25, -0.2) is 12.7 Å². The molecule has 0 aliphatic rings. The Morgan fingerprint density at radius 2 is 1.81 bits per heavy atom. The smallest absolute Gasteiger partial charge is 0.211 e. The van der Waals surface area contributed by atoms with Crippen LogP contribution < -0.4 is 5.73 Å². The summed E-state index contributed by atoms with van der Waals surface area (Å²) in [6.07, 6.45) is 1.93. The zero-order valence-corrected chi connectivity index (χ0v) is 10.3. The fourth-order valence-corrected chi connectivity index (χ4v) is 2.35. The van der Waals surface area contributed by atoms with Gasteiger partial charge >= 0.3 is 0 Å². The summed E-state index contributed by atoms with van der Waals surface area (Å²) in [5.74, 6) is 0. The normalized spacial score (nSPS) is 11.9. The van der Waals surface area contributed by atoms with Gasteiger partial charge in [0.2, 0.25) is 10.0 Å². The van der Waals surface area contributed by atoms with Gasteiger partial charge in [-0.15, -0.1) is 0 Å². The SMILES string of the molecule is CS(=O)(=O)N(CCN)CCc1ccccc1. The van der Waals surface area contributed by atoms with E-state index in [1.807, 2.05) is 30.3 Å². The first-order chi connectivity index (χ1) is 7.54. The lowest BCUT2D eigenvalue weighted by molar-refractivity contribution is 0.426. The second-order valence-electron chi connectivity index (χ2n) is 3.69. The minimum Gasteiger partial charge on any atom is -0.329 e. The van der Waals surface area contributed by atoms with E-state index in [1.165, 1.54) is 10.6 Å². The van der Waals surface area contributed by atoms with Crippen LogP contribution in [0.4, 0.5) is 0 Å². The maximum absolute atomic E-state index is 11.4. The van der Waals surface area contributed by atoms with E-state index in [2.05, 4.69) is 0 Å². The number of rotatable bonds is 6. The van der Waals surface area contributed by atoms with Crippen LogP contribution >= 0.6 is 0 Å². The summed E-state index contributed by atoms with van der Waals surface area (Å²) in [7, 11) is -3.14. The first kappa shape index (κ1) is 13.2. The molecule has 0 heterocycles.